The van der Waals surface area contributed by atoms with Gasteiger partial charge in [-0.15, -0.1) is 0 Å². The molecule has 0 aromatic heterocycles. The SMILES string of the molecule is NCc1ccc(S(=O)(=O)Nc2ccc(Br)c(F)c2)cc1Cl. The van der Waals surface area contributed by atoms with E-state index in [1.54, 1.807) is 6.07 Å². The second-order valence-corrected chi connectivity index (χ2v) is 7.14. The third-order valence-corrected chi connectivity index (χ3v) is 5.10. The highest BCUT2D eigenvalue weighted by molar-refractivity contribution is 9.10. The van der Waals surface area contributed by atoms with Gasteiger partial charge in [0.2, 0.25) is 0 Å². The number of halogens is 3. The quantitative estimate of drug-likeness (QED) is 0.835. The Morgan fingerprint density at radius 3 is 2.52 bits per heavy atom. The summed E-state index contributed by atoms with van der Waals surface area (Å²) in [7, 11) is -3.85. The van der Waals surface area contributed by atoms with E-state index in [1.807, 2.05) is 0 Å². The molecule has 8 heteroatoms. The van der Waals surface area contributed by atoms with Crippen LogP contribution in [-0.2, 0) is 16.6 Å². The van der Waals surface area contributed by atoms with Gasteiger partial charge in [-0.05, 0) is 51.8 Å². The van der Waals surface area contributed by atoms with Crippen LogP contribution in [0.1, 0.15) is 5.56 Å². The average Bonchev–Trinajstić information content (AvgIpc) is 2.42. The lowest BCUT2D eigenvalue weighted by atomic mass is 10.2. The van der Waals surface area contributed by atoms with Gasteiger partial charge in [0, 0.05) is 11.6 Å². The third-order valence-electron chi connectivity index (χ3n) is 2.73. The van der Waals surface area contributed by atoms with Gasteiger partial charge in [-0.2, -0.15) is 0 Å². The monoisotopic (exact) mass is 392 g/mol. The van der Waals surface area contributed by atoms with Gasteiger partial charge >= 0.3 is 0 Å². The fourth-order valence-corrected chi connectivity index (χ4v) is 3.28. The zero-order valence-electron chi connectivity index (χ0n) is 10.6. The highest BCUT2D eigenvalue weighted by atomic mass is 79.9. The van der Waals surface area contributed by atoms with E-state index in [9.17, 15) is 12.8 Å². The molecule has 0 atom stereocenters. The lowest BCUT2D eigenvalue weighted by Gasteiger charge is -2.10. The highest BCUT2D eigenvalue weighted by Gasteiger charge is 2.16. The van der Waals surface area contributed by atoms with Gasteiger partial charge in [-0.25, -0.2) is 12.8 Å². The number of rotatable bonds is 4. The zero-order valence-corrected chi connectivity index (χ0v) is 13.8. The fourth-order valence-electron chi connectivity index (χ4n) is 1.63. The van der Waals surface area contributed by atoms with Crippen molar-refractivity contribution < 1.29 is 12.8 Å². The molecule has 2 aromatic rings. The molecule has 0 fully saturated rings. The fraction of sp³-hybridized carbons (Fsp3) is 0.0769. The molecule has 0 radical (unpaired) electrons. The normalized spacial score (nSPS) is 11.4. The molecule has 0 saturated carbocycles. The van der Waals surface area contributed by atoms with Crippen LogP contribution >= 0.6 is 27.5 Å². The van der Waals surface area contributed by atoms with Gasteiger partial charge in [0.05, 0.1) is 15.1 Å². The molecule has 3 N–H and O–H groups in total. The molecule has 2 aromatic carbocycles. The Morgan fingerprint density at radius 2 is 1.95 bits per heavy atom. The van der Waals surface area contributed by atoms with E-state index in [1.165, 1.54) is 24.3 Å². The van der Waals surface area contributed by atoms with Crippen LogP contribution in [0.15, 0.2) is 45.8 Å². The van der Waals surface area contributed by atoms with Gasteiger partial charge in [0.25, 0.3) is 10.0 Å². The first-order valence-corrected chi connectivity index (χ1v) is 8.45. The summed E-state index contributed by atoms with van der Waals surface area (Å²) in [5.74, 6) is -0.563. The molecule has 2 rings (SSSR count). The van der Waals surface area contributed by atoms with Gasteiger partial charge in [-0.3, -0.25) is 4.72 Å². The van der Waals surface area contributed by atoms with Crippen LogP contribution in [-0.4, -0.2) is 8.42 Å². The molecule has 0 heterocycles. The average molecular weight is 394 g/mol. The minimum absolute atomic E-state index is 0.0203. The van der Waals surface area contributed by atoms with Crippen LogP contribution in [0.4, 0.5) is 10.1 Å². The highest BCUT2D eigenvalue weighted by Crippen LogP contribution is 2.24. The van der Waals surface area contributed by atoms with Crippen LogP contribution in [0, 0.1) is 5.82 Å². The van der Waals surface area contributed by atoms with E-state index in [-0.39, 0.29) is 26.6 Å². The number of nitrogens with one attached hydrogen (secondary N) is 1. The second kappa shape index (κ2) is 6.31. The predicted octanol–water partition coefficient (Wildman–Crippen LogP) is 3.50. The van der Waals surface area contributed by atoms with E-state index in [4.69, 9.17) is 17.3 Å². The van der Waals surface area contributed by atoms with Crippen LogP contribution in [0.25, 0.3) is 0 Å². The maximum atomic E-state index is 13.4. The van der Waals surface area contributed by atoms with E-state index in [2.05, 4.69) is 20.7 Å². The first kappa shape index (κ1) is 16.2. The number of benzene rings is 2. The summed E-state index contributed by atoms with van der Waals surface area (Å²) in [4.78, 5) is -0.0203. The molecule has 112 valence electrons. The van der Waals surface area contributed by atoms with Crippen LogP contribution in [0.2, 0.25) is 5.02 Å². The summed E-state index contributed by atoms with van der Waals surface area (Å²) in [5, 5.41) is 0.266. The topological polar surface area (TPSA) is 72.2 Å². The molecule has 0 amide bonds. The lowest BCUT2D eigenvalue weighted by molar-refractivity contribution is 0.601. The number of hydrogen-bond donors (Lipinski definition) is 2. The summed E-state index contributed by atoms with van der Waals surface area (Å²) in [6, 6.07) is 8.18. The van der Waals surface area contributed by atoms with Gasteiger partial charge in [-0.1, -0.05) is 17.7 Å². The molecule has 0 aliphatic rings. The smallest absolute Gasteiger partial charge is 0.261 e. The summed E-state index contributed by atoms with van der Waals surface area (Å²) in [6.07, 6.45) is 0. The van der Waals surface area contributed by atoms with Crippen LogP contribution < -0.4 is 10.5 Å². The molecular formula is C13H11BrClFN2O2S. The van der Waals surface area contributed by atoms with Crippen LogP contribution in [0.3, 0.4) is 0 Å². The van der Waals surface area contributed by atoms with Gasteiger partial charge in [0.1, 0.15) is 5.82 Å². The van der Waals surface area contributed by atoms with Gasteiger partial charge in [0.15, 0.2) is 0 Å². The van der Waals surface area contributed by atoms with Crippen molar-refractivity contribution >= 4 is 43.2 Å². The Bertz CT molecular complexity index is 784. The Hall–Kier alpha value is -1.15. The lowest BCUT2D eigenvalue weighted by Crippen LogP contribution is -2.13. The van der Waals surface area contributed by atoms with Crippen molar-refractivity contribution in [2.24, 2.45) is 5.73 Å². The van der Waals surface area contributed by atoms with E-state index in [0.717, 1.165) is 6.07 Å². The predicted molar refractivity (Wildman–Crippen MR) is 84.3 cm³/mol. The molecule has 21 heavy (non-hydrogen) atoms. The second-order valence-electron chi connectivity index (χ2n) is 4.19. The van der Waals surface area contributed by atoms with Crippen LogP contribution in [0.5, 0.6) is 0 Å². The van der Waals surface area contributed by atoms with Gasteiger partial charge < -0.3 is 5.73 Å². The molecule has 0 saturated heterocycles. The Kier molecular flexibility index (Phi) is 4.88. The molecule has 0 aliphatic heterocycles. The first-order chi connectivity index (χ1) is 9.83. The molecular weight excluding hydrogens is 383 g/mol. The van der Waals surface area contributed by atoms with E-state index in [0.29, 0.717) is 5.56 Å². The van der Waals surface area contributed by atoms with E-state index >= 15 is 0 Å². The van der Waals surface area contributed by atoms with Crippen molar-refractivity contribution in [3.05, 3.63) is 57.3 Å². The van der Waals surface area contributed by atoms with Crippen molar-refractivity contribution in [1.82, 2.24) is 0 Å². The third kappa shape index (κ3) is 3.74. The number of sulfonamides is 1. The summed E-state index contributed by atoms with van der Waals surface area (Å²) in [6.45, 7) is 0.213. The minimum atomic E-state index is -3.85. The van der Waals surface area contributed by atoms with E-state index < -0.39 is 15.8 Å². The molecule has 0 unspecified atom stereocenters. The molecule has 0 aliphatic carbocycles. The summed E-state index contributed by atoms with van der Waals surface area (Å²) in [5.41, 5.74) is 6.23. The van der Waals surface area contributed by atoms with Crippen molar-refractivity contribution in [1.29, 1.82) is 0 Å². The minimum Gasteiger partial charge on any atom is -0.326 e. The summed E-state index contributed by atoms with van der Waals surface area (Å²) < 4.78 is 40.4. The van der Waals surface area contributed by atoms with Crippen molar-refractivity contribution in [2.45, 2.75) is 11.4 Å². The number of hydrogen-bond acceptors (Lipinski definition) is 3. The number of anilines is 1. The molecule has 0 spiro atoms. The molecule has 0 bridgehead atoms. The Labute approximate surface area is 135 Å². The maximum Gasteiger partial charge on any atom is 0.261 e. The first-order valence-electron chi connectivity index (χ1n) is 5.80. The summed E-state index contributed by atoms with van der Waals surface area (Å²) >= 11 is 8.94. The standard InChI is InChI=1S/C13H11BrClFN2O2S/c14-11-4-2-9(5-13(11)16)18-21(19,20)10-3-1-8(7-17)12(15)6-10/h1-6,18H,7,17H2. The Morgan fingerprint density at radius 1 is 1.24 bits per heavy atom. The Balaban J connectivity index is 2.33. The molecule has 4 nitrogen and oxygen atoms in total. The van der Waals surface area contributed by atoms with Crippen molar-refractivity contribution in [2.75, 3.05) is 4.72 Å². The largest absolute Gasteiger partial charge is 0.326 e. The maximum absolute atomic E-state index is 13.4. The van der Waals surface area contributed by atoms with Crippen molar-refractivity contribution in [3.8, 4) is 0 Å². The number of nitrogens with two attached hydrogens (primary N) is 1. The zero-order chi connectivity index (χ0) is 15.6. The van der Waals surface area contributed by atoms with Crippen molar-refractivity contribution in [3.63, 3.8) is 0 Å².